The second-order valence-electron chi connectivity index (χ2n) is 7.31. The molecule has 1 atom stereocenters. The van der Waals surface area contributed by atoms with Crippen molar-refractivity contribution < 1.29 is 29.3 Å². The Hall–Kier alpha value is -3.97. The Morgan fingerprint density at radius 2 is 1.70 bits per heavy atom. The molecule has 1 saturated heterocycles. The van der Waals surface area contributed by atoms with E-state index in [2.05, 4.69) is 0 Å². The quantitative estimate of drug-likeness (QED) is 0.322. The van der Waals surface area contributed by atoms with Gasteiger partial charge in [0.1, 0.15) is 23.0 Å². The number of ether oxygens (including phenoxy) is 2. The molecule has 3 aromatic carbocycles. The summed E-state index contributed by atoms with van der Waals surface area (Å²) >= 11 is 6.00. The maximum atomic E-state index is 13.2. The first-order valence-corrected chi connectivity index (χ1v) is 10.3. The van der Waals surface area contributed by atoms with E-state index in [0.29, 0.717) is 22.0 Å². The number of hydrogen-bond acceptors (Lipinski definition) is 6. The average molecular weight is 466 g/mol. The number of benzene rings is 3. The third kappa shape index (κ3) is 3.99. The van der Waals surface area contributed by atoms with Crippen molar-refractivity contribution in [1.29, 1.82) is 0 Å². The zero-order valence-corrected chi connectivity index (χ0v) is 18.5. The lowest BCUT2D eigenvalue weighted by molar-refractivity contribution is -0.132. The Kier molecular flexibility index (Phi) is 5.98. The first kappa shape index (κ1) is 22.2. The molecule has 3 aromatic rings. The third-order valence-electron chi connectivity index (χ3n) is 5.40. The number of carbonyl (C=O) groups is 2. The van der Waals surface area contributed by atoms with Crippen molar-refractivity contribution in [2.45, 2.75) is 6.04 Å². The molecule has 1 aliphatic rings. The van der Waals surface area contributed by atoms with Gasteiger partial charge < -0.3 is 19.7 Å². The van der Waals surface area contributed by atoms with Gasteiger partial charge in [0.05, 0.1) is 31.4 Å². The predicted molar refractivity (Wildman–Crippen MR) is 124 cm³/mol. The number of methoxy groups -OCH3 is 2. The highest BCUT2D eigenvalue weighted by Gasteiger charge is 2.47. The molecule has 33 heavy (non-hydrogen) atoms. The van der Waals surface area contributed by atoms with Crippen LogP contribution in [0.4, 0.5) is 5.69 Å². The Labute approximate surface area is 195 Å². The SMILES string of the molecule is COc1ccc(/C(O)=C2/C(=O)C(=O)N(c3ccc(Cl)cc3)C2c2cccc(O)c2)c(OC)c1. The first-order chi connectivity index (χ1) is 15.8. The van der Waals surface area contributed by atoms with Crippen LogP contribution < -0.4 is 14.4 Å². The molecule has 1 fully saturated rings. The van der Waals surface area contributed by atoms with Crippen LogP contribution in [0, 0.1) is 0 Å². The van der Waals surface area contributed by atoms with E-state index in [1.54, 1.807) is 54.6 Å². The van der Waals surface area contributed by atoms with Crippen molar-refractivity contribution in [3.8, 4) is 17.2 Å². The van der Waals surface area contributed by atoms with Crippen LogP contribution in [-0.4, -0.2) is 36.1 Å². The summed E-state index contributed by atoms with van der Waals surface area (Å²) in [6.45, 7) is 0. The zero-order chi connectivity index (χ0) is 23.7. The Bertz CT molecular complexity index is 1270. The Balaban J connectivity index is 1.97. The zero-order valence-electron chi connectivity index (χ0n) is 17.8. The fraction of sp³-hybridized carbons (Fsp3) is 0.120. The summed E-state index contributed by atoms with van der Waals surface area (Å²) in [5.41, 5.74) is 0.940. The van der Waals surface area contributed by atoms with Crippen LogP contribution in [0.3, 0.4) is 0 Å². The van der Waals surface area contributed by atoms with Crippen molar-refractivity contribution in [3.05, 3.63) is 88.5 Å². The van der Waals surface area contributed by atoms with Crippen molar-refractivity contribution in [3.63, 3.8) is 0 Å². The number of aliphatic hydroxyl groups is 1. The van der Waals surface area contributed by atoms with Crippen molar-refractivity contribution >= 4 is 34.7 Å². The molecule has 1 amide bonds. The van der Waals surface area contributed by atoms with Gasteiger partial charge in [0.25, 0.3) is 11.7 Å². The molecular formula is C25H20ClNO6. The lowest BCUT2D eigenvalue weighted by Gasteiger charge is -2.25. The summed E-state index contributed by atoms with van der Waals surface area (Å²) < 4.78 is 10.6. The van der Waals surface area contributed by atoms with E-state index in [4.69, 9.17) is 21.1 Å². The van der Waals surface area contributed by atoms with E-state index in [0.717, 1.165) is 0 Å². The molecule has 7 nitrogen and oxygen atoms in total. The smallest absolute Gasteiger partial charge is 0.300 e. The van der Waals surface area contributed by atoms with Gasteiger partial charge >= 0.3 is 0 Å². The van der Waals surface area contributed by atoms with Crippen LogP contribution in [0.2, 0.25) is 5.02 Å². The standard InChI is InChI=1S/C25H20ClNO6/c1-32-18-10-11-19(20(13-18)33-2)23(29)21-22(14-4-3-5-17(28)12-14)27(25(31)24(21)30)16-8-6-15(26)7-9-16/h3-13,22,28-29H,1-2H3/b23-21-. The van der Waals surface area contributed by atoms with Gasteiger partial charge in [-0.2, -0.15) is 0 Å². The lowest BCUT2D eigenvalue weighted by Crippen LogP contribution is -2.29. The number of nitrogens with zero attached hydrogens (tertiary/aromatic N) is 1. The molecule has 1 heterocycles. The summed E-state index contributed by atoms with van der Waals surface area (Å²) in [7, 11) is 2.92. The third-order valence-corrected chi connectivity index (χ3v) is 5.65. The number of hydrogen-bond donors (Lipinski definition) is 2. The summed E-state index contributed by atoms with van der Waals surface area (Å²) in [6.07, 6.45) is 0. The van der Waals surface area contributed by atoms with E-state index in [-0.39, 0.29) is 22.6 Å². The number of anilines is 1. The van der Waals surface area contributed by atoms with Crippen LogP contribution >= 0.6 is 11.6 Å². The monoisotopic (exact) mass is 465 g/mol. The predicted octanol–water partition coefficient (Wildman–Crippen LogP) is 4.69. The van der Waals surface area contributed by atoms with Crippen molar-refractivity contribution in [2.75, 3.05) is 19.1 Å². The summed E-state index contributed by atoms with van der Waals surface area (Å²) in [5.74, 6) is -1.38. The summed E-state index contributed by atoms with van der Waals surface area (Å²) in [5, 5.41) is 21.8. The maximum absolute atomic E-state index is 13.2. The van der Waals surface area contributed by atoms with Crippen LogP contribution in [0.25, 0.3) is 5.76 Å². The van der Waals surface area contributed by atoms with Crippen LogP contribution in [0.1, 0.15) is 17.2 Å². The number of aliphatic hydroxyl groups excluding tert-OH is 1. The Morgan fingerprint density at radius 1 is 0.970 bits per heavy atom. The van der Waals surface area contributed by atoms with Crippen LogP contribution in [0.5, 0.6) is 17.2 Å². The number of aromatic hydroxyl groups is 1. The fourth-order valence-corrected chi connectivity index (χ4v) is 3.98. The van der Waals surface area contributed by atoms with Gasteiger partial charge in [0.15, 0.2) is 0 Å². The first-order valence-electron chi connectivity index (χ1n) is 9.93. The second-order valence-corrected chi connectivity index (χ2v) is 7.74. The molecule has 0 aromatic heterocycles. The van der Waals surface area contributed by atoms with E-state index in [1.807, 2.05) is 0 Å². The number of ketones is 1. The van der Waals surface area contributed by atoms with Gasteiger partial charge in [-0.05, 0) is 54.1 Å². The van der Waals surface area contributed by atoms with Gasteiger partial charge in [-0.25, -0.2) is 0 Å². The highest BCUT2D eigenvalue weighted by atomic mass is 35.5. The molecule has 0 saturated carbocycles. The van der Waals surface area contributed by atoms with Gasteiger partial charge in [-0.1, -0.05) is 23.7 Å². The van der Waals surface area contributed by atoms with E-state index < -0.39 is 23.5 Å². The average Bonchev–Trinajstić information content (AvgIpc) is 3.09. The fourth-order valence-electron chi connectivity index (χ4n) is 3.85. The minimum Gasteiger partial charge on any atom is -0.508 e. The van der Waals surface area contributed by atoms with Gasteiger partial charge in [0.2, 0.25) is 0 Å². The molecule has 0 spiro atoms. The van der Waals surface area contributed by atoms with E-state index >= 15 is 0 Å². The topological polar surface area (TPSA) is 96.3 Å². The number of phenolic OH excluding ortho intramolecular Hbond substituents is 1. The molecular weight excluding hydrogens is 446 g/mol. The van der Waals surface area contributed by atoms with Crippen LogP contribution in [0.15, 0.2) is 72.3 Å². The molecule has 168 valence electrons. The van der Waals surface area contributed by atoms with Gasteiger partial charge in [0, 0.05) is 16.8 Å². The van der Waals surface area contributed by atoms with E-state index in [9.17, 15) is 19.8 Å². The molecule has 4 rings (SSSR count). The second kappa shape index (κ2) is 8.88. The summed E-state index contributed by atoms with van der Waals surface area (Å²) in [6, 6.07) is 16.3. The maximum Gasteiger partial charge on any atom is 0.300 e. The highest BCUT2D eigenvalue weighted by Crippen LogP contribution is 2.44. The minimum atomic E-state index is -0.995. The summed E-state index contributed by atoms with van der Waals surface area (Å²) in [4.78, 5) is 27.6. The molecule has 0 aliphatic carbocycles. The normalized spacial score (nSPS) is 17.3. The number of rotatable bonds is 5. The number of Topliss-reactive ketones (excluding diaryl/α,β-unsaturated/α-hetero) is 1. The highest BCUT2D eigenvalue weighted by molar-refractivity contribution is 6.51. The molecule has 0 bridgehead atoms. The van der Waals surface area contributed by atoms with Gasteiger partial charge in [-0.3, -0.25) is 14.5 Å². The molecule has 1 unspecified atom stereocenters. The van der Waals surface area contributed by atoms with Crippen molar-refractivity contribution in [1.82, 2.24) is 0 Å². The molecule has 8 heteroatoms. The largest absolute Gasteiger partial charge is 0.508 e. The van der Waals surface area contributed by atoms with Crippen molar-refractivity contribution in [2.24, 2.45) is 0 Å². The lowest BCUT2D eigenvalue weighted by atomic mass is 9.94. The molecule has 2 N–H and O–H groups in total. The molecule has 0 radical (unpaired) electrons. The number of halogens is 1. The van der Waals surface area contributed by atoms with E-state index in [1.165, 1.54) is 31.3 Å². The number of carbonyl (C=O) groups excluding carboxylic acids is 2. The number of phenols is 1. The Morgan fingerprint density at radius 3 is 2.33 bits per heavy atom. The van der Waals surface area contributed by atoms with Gasteiger partial charge in [-0.15, -0.1) is 0 Å². The minimum absolute atomic E-state index is 0.0452. The molecule has 1 aliphatic heterocycles. The number of amides is 1. The van der Waals surface area contributed by atoms with Crippen LogP contribution in [-0.2, 0) is 9.59 Å².